The van der Waals surface area contributed by atoms with Crippen molar-refractivity contribution in [3.05, 3.63) is 75.4 Å². The minimum Gasteiger partial charge on any atom is -0.289 e. The lowest BCUT2D eigenvalue weighted by atomic mass is 10.1. The molecule has 0 aliphatic rings. The second kappa shape index (κ2) is 5.77. The van der Waals surface area contributed by atoms with Crippen LogP contribution in [0.3, 0.4) is 0 Å². The molecule has 0 saturated heterocycles. The van der Waals surface area contributed by atoms with Gasteiger partial charge in [0.05, 0.1) is 0 Å². The molecule has 0 N–H and O–H groups in total. The summed E-state index contributed by atoms with van der Waals surface area (Å²) in [6.07, 6.45) is 3.45. The van der Waals surface area contributed by atoms with Gasteiger partial charge in [-0.25, -0.2) is 0 Å². The standard InChI is InChI=1S/C15H11IO/c16-14-8-4-7-13(11-14)15(17)10-9-12-5-2-1-3-6-12/h1-11H/b10-9+. The summed E-state index contributed by atoms with van der Waals surface area (Å²) in [5.74, 6) is 0.0346. The third kappa shape index (κ3) is 3.53. The smallest absolute Gasteiger partial charge is 0.185 e. The first kappa shape index (κ1) is 12.0. The lowest BCUT2D eigenvalue weighted by molar-refractivity contribution is 0.104. The zero-order valence-electron chi connectivity index (χ0n) is 9.14. The van der Waals surface area contributed by atoms with Crippen molar-refractivity contribution in [1.29, 1.82) is 0 Å². The van der Waals surface area contributed by atoms with Gasteiger partial charge in [0.15, 0.2) is 5.78 Å². The number of hydrogen-bond acceptors (Lipinski definition) is 1. The van der Waals surface area contributed by atoms with Gasteiger partial charge in [-0.05, 0) is 46.4 Å². The molecule has 0 unspecified atom stereocenters. The second-order valence-electron chi connectivity index (χ2n) is 3.62. The van der Waals surface area contributed by atoms with Crippen molar-refractivity contribution in [1.82, 2.24) is 0 Å². The normalized spacial score (nSPS) is 10.6. The van der Waals surface area contributed by atoms with E-state index in [9.17, 15) is 4.79 Å². The third-order valence-corrected chi connectivity index (χ3v) is 3.01. The minimum atomic E-state index is 0.0346. The molecule has 2 aromatic carbocycles. The first-order valence-electron chi connectivity index (χ1n) is 5.29. The molecule has 0 saturated carbocycles. The van der Waals surface area contributed by atoms with Gasteiger partial charge in [-0.15, -0.1) is 0 Å². The summed E-state index contributed by atoms with van der Waals surface area (Å²) in [5, 5.41) is 0. The van der Waals surface area contributed by atoms with Gasteiger partial charge in [-0.3, -0.25) is 4.79 Å². The summed E-state index contributed by atoms with van der Waals surface area (Å²) in [5.41, 5.74) is 1.76. The molecule has 2 heteroatoms. The molecule has 0 amide bonds. The van der Waals surface area contributed by atoms with Crippen molar-refractivity contribution in [3.8, 4) is 0 Å². The lowest BCUT2D eigenvalue weighted by Gasteiger charge is -1.96. The quantitative estimate of drug-likeness (QED) is 0.467. The zero-order chi connectivity index (χ0) is 12.1. The second-order valence-corrected chi connectivity index (χ2v) is 4.86. The van der Waals surface area contributed by atoms with Crippen molar-refractivity contribution in [2.75, 3.05) is 0 Å². The van der Waals surface area contributed by atoms with E-state index in [1.165, 1.54) is 0 Å². The van der Waals surface area contributed by atoms with Crippen LogP contribution in [0.1, 0.15) is 15.9 Å². The first-order valence-corrected chi connectivity index (χ1v) is 6.36. The molecular weight excluding hydrogens is 323 g/mol. The first-order chi connectivity index (χ1) is 8.25. The Balaban J connectivity index is 2.15. The fourth-order valence-corrected chi connectivity index (χ4v) is 2.02. The number of rotatable bonds is 3. The number of hydrogen-bond donors (Lipinski definition) is 0. The van der Waals surface area contributed by atoms with Crippen molar-refractivity contribution in [3.63, 3.8) is 0 Å². The monoisotopic (exact) mass is 334 g/mol. The van der Waals surface area contributed by atoms with Gasteiger partial charge in [0, 0.05) is 9.13 Å². The van der Waals surface area contributed by atoms with Gasteiger partial charge < -0.3 is 0 Å². The number of halogens is 1. The summed E-state index contributed by atoms with van der Waals surface area (Å²) in [4.78, 5) is 11.9. The van der Waals surface area contributed by atoms with Gasteiger partial charge in [-0.1, -0.05) is 48.5 Å². The number of benzene rings is 2. The van der Waals surface area contributed by atoms with Crippen LogP contribution in [0, 0.1) is 3.57 Å². The fourth-order valence-electron chi connectivity index (χ4n) is 1.47. The van der Waals surface area contributed by atoms with E-state index in [0.29, 0.717) is 0 Å². The predicted octanol–water partition coefficient (Wildman–Crippen LogP) is 4.19. The maximum atomic E-state index is 11.9. The van der Waals surface area contributed by atoms with Crippen LogP contribution in [0.4, 0.5) is 0 Å². The molecule has 0 spiro atoms. The average Bonchev–Trinajstić information content (AvgIpc) is 2.37. The van der Waals surface area contributed by atoms with Crippen LogP contribution in [-0.4, -0.2) is 5.78 Å². The van der Waals surface area contributed by atoms with Crippen LogP contribution in [0.25, 0.3) is 6.08 Å². The molecule has 0 fully saturated rings. The summed E-state index contributed by atoms with van der Waals surface area (Å²) < 4.78 is 1.07. The Hall–Kier alpha value is -1.42. The van der Waals surface area contributed by atoms with E-state index >= 15 is 0 Å². The Morgan fingerprint density at radius 2 is 1.76 bits per heavy atom. The van der Waals surface area contributed by atoms with Crippen LogP contribution in [0.2, 0.25) is 0 Å². The van der Waals surface area contributed by atoms with E-state index in [1.54, 1.807) is 6.08 Å². The Morgan fingerprint density at radius 3 is 2.47 bits per heavy atom. The Kier molecular flexibility index (Phi) is 4.09. The Morgan fingerprint density at radius 1 is 1.00 bits per heavy atom. The van der Waals surface area contributed by atoms with Crippen molar-refractivity contribution in [2.45, 2.75) is 0 Å². The molecule has 1 nitrogen and oxygen atoms in total. The highest BCUT2D eigenvalue weighted by Crippen LogP contribution is 2.10. The van der Waals surface area contributed by atoms with Crippen LogP contribution < -0.4 is 0 Å². The molecule has 84 valence electrons. The highest BCUT2D eigenvalue weighted by molar-refractivity contribution is 14.1. The molecule has 0 heterocycles. The summed E-state index contributed by atoms with van der Waals surface area (Å²) in [6.45, 7) is 0. The van der Waals surface area contributed by atoms with E-state index in [4.69, 9.17) is 0 Å². The molecule has 2 aromatic rings. The maximum Gasteiger partial charge on any atom is 0.185 e. The van der Waals surface area contributed by atoms with Gasteiger partial charge in [-0.2, -0.15) is 0 Å². The van der Waals surface area contributed by atoms with Crippen LogP contribution in [0.5, 0.6) is 0 Å². The molecule has 2 rings (SSSR count). The van der Waals surface area contributed by atoms with Crippen LogP contribution in [-0.2, 0) is 0 Å². The largest absolute Gasteiger partial charge is 0.289 e. The van der Waals surface area contributed by atoms with E-state index in [0.717, 1.165) is 14.7 Å². The number of carbonyl (C=O) groups excluding carboxylic acids is 1. The topological polar surface area (TPSA) is 17.1 Å². The van der Waals surface area contributed by atoms with E-state index < -0.39 is 0 Å². The third-order valence-electron chi connectivity index (χ3n) is 2.34. The Bertz CT molecular complexity index is 544. The van der Waals surface area contributed by atoms with Crippen molar-refractivity contribution >= 4 is 34.5 Å². The van der Waals surface area contributed by atoms with Crippen LogP contribution in [0.15, 0.2) is 60.7 Å². The van der Waals surface area contributed by atoms with Crippen molar-refractivity contribution < 1.29 is 4.79 Å². The minimum absolute atomic E-state index is 0.0346. The molecule has 0 aromatic heterocycles. The predicted molar refractivity (Wildman–Crippen MR) is 79.0 cm³/mol. The molecular formula is C15H11IO. The highest BCUT2D eigenvalue weighted by Gasteiger charge is 2.01. The number of allylic oxidation sites excluding steroid dienone is 1. The zero-order valence-corrected chi connectivity index (χ0v) is 11.3. The summed E-state index contributed by atoms with van der Waals surface area (Å²) in [6, 6.07) is 17.4. The molecule has 0 atom stereocenters. The summed E-state index contributed by atoms with van der Waals surface area (Å²) >= 11 is 2.20. The number of carbonyl (C=O) groups is 1. The molecule has 0 aliphatic carbocycles. The van der Waals surface area contributed by atoms with E-state index in [2.05, 4.69) is 22.6 Å². The highest BCUT2D eigenvalue weighted by atomic mass is 127. The molecule has 0 radical (unpaired) electrons. The van der Waals surface area contributed by atoms with Crippen LogP contribution >= 0.6 is 22.6 Å². The van der Waals surface area contributed by atoms with E-state index in [1.807, 2.05) is 60.7 Å². The number of ketones is 1. The lowest BCUT2D eigenvalue weighted by Crippen LogP contribution is -1.93. The Labute approximate surface area is 114 Å². The van der Waals surface area contributed by atoms with Gasteiger partial charge >= 0.3 is 0 Å². The van der Waals surface area contributed by atoms with Gasteiger partial charge in [0.25, 0.3) is 0 Å². The van der Waals surface area contributed by atoms with Gasteiger partial charge in [0.2, 0.25) is 0 Å². The SMILES string of the molecule is O=C(/C=C/c1ccccc1)c1cccc(I)c1. The molecule has 0 aliphatic heterocycles. The fraction of sp³-hybridized carbons (Fsp3) is 0. The molecule has 17 heavy (non-hydrogen) atoms. The average molecular weight is 334 g/mol. The van der Waals surface area contributed by atoms with E-state index in [-0.39, 0.29) is 5.78 Å². The van der Waals surface area contributed by atoms with Gasteiger partial charge in [0.1, 0.15) is 0 Å². The summed E-state index contributed by atoms with van der Waals surface area (Å²) in [7, 11) is 0. The van der Waals surface area contributed by atoms with Crippen molar-refractivity contribution in [2.24, 2.45) is 0 Å². The maximum absolute atomic E-state index is 11.9. The molecule has 0 bridgehead atoms.